The number of nitrogens with zero attached hydrogens (tertiary/aromatic N) is 5. The van der Waals surface area contributed by atoms with Gasteiger partial charge in [-0.3, -0.25) is 9.59 Å². The van der Waals surface area contributed by atoms with E-state index in [1.54, 1.807) is 24.3 Å². The second kappa shape index (κ2) is 15.8. The van der Waals surface area contributed by atoms with Crippen molar-refractivity contribution in [3.05, 3.63) is 90.8 Å². The Labute approximate surface area is 269 Å². The van der Waals surface area contributed by atoms with Crippen LogP contribution in [0.25, 0.3) is 0 Å². The Morgan fingerprint density at radius 3 is 1.90 bits per heavy atom. The Hall–Kier alpha value is -3.25. The van der Waals surface area contributed by atoms with Gasteiger partial charge < -0.3 is 14.8 Å². The average Bonchev–Trinajstić information content (AvgIpc) is 2.93. The Bertz CT molecular complexity index is 1600. The minimum Gasteiger partial charge on any atom is -0.499 e. The fourth-order valence-electron chi connectivity index (χ4n) is 2.88. The standard InChI is InChI=1S/C26H18Cl6N6O4/c1-13(39)25(38-36-23-10-19(30)17(28)8-21(23)32)26(40)34-15-5-3-14(4-6-15)33-12-42-24(11-41-2)37-35-22-9-18(29)16(27)7-20(22)31/h3-12,25H,1-2H3,(H,34,40)/b24-11-,33-12?,37-35?,38-36?. The van der Waals surface area contributed by atoms with Gasteiger partial charge in [0.2, 0.25) is 6.04 Å². The molecule has 218 valence electrons. The van der Waals surface area contributed by atoms with Gasteiger partial charge in [-0.15, -0.1) is 10.2 Å². The van der Waals surface area contributed by atoms with Crippen LogP contribution in [0.15, 0.2) is 86.1 Å². The third-order valence-corrected chi connectivity index (χ3v) is 6.93. The van der Waals surface area contributed by atoms with Crippen molar-refractivity contribution in [1.82, 2.24) is 0 Å². The number of ether oxygens (including phenoxy) is 2. The molecule has 1 N–H and O–H groups in total. The molecule has 3 aromatic carbocycles. The molecule has 0 saturated carbocycles. The molecule has 0 spiro atoms. The highest BCUT2D eigenvalue weighted by atomic mass is 35.5. The van der Waals surface area contributed by atoms with Gasteiger partial charge in [0.15, 0.2) is 12.2 Å². The lowest BCUT2D eigenvalue weighted by atomic mass is 10.2. The highest BCUT2D eigenvalue weighted by Crippen LogP contribution is 2.35. The molecule has 10 nitrogen and oxygen atoms in total. The first-order valence-electron chi connectivity index (χ1n) is 11.4. The Balaban J connectivity index is 1.63. The maximum Gasteiger partial charge on any atom is 0.274 e. The number of methoxy groups -OCH3 is 1. The van der Waals surface area contributed by atoms with Crippen LogP contribution in [0.3, 0.4) is 0 Å². The molecular formula is C26H18Cl6N6O4. The summed E-state index contributed by atoms with van der Waals surface area (Å²) >= 11 is 36.0. The quantitative estimate of drug-likeness (QED) is 0.0536. The van der Waals surface area contributed by atoms with Gasteiger partial charge in [0, 0.05) is 5.69 Å². The predicted octanol–water partition coefficient (Wildman–Crippen LogP) is 10.2. The summed E-state index contributed by atoms with van der Waals surface area (Å²) in [4.78, 5) is 28.9. The molecule has 1 amide bonds. The number of rotatable bonds is 11. The lowest BCUT2D eigenvalue weighted by molar-refractivity contribution is -0.126. The van der Waals surface area contributed by atoms with E-state index in [0.29, 0.717) is 11.4 Å². The number of anilines is 1. The van der Waals surface area contributed by atoms with Gasteiger partial charge in [-0.1, -0.05) is 69.6 Å². The molecule has 0 bridgehead atoms. The Kier molecular flexibility index (Phi) is 12.5. The monoisotopic (exact) mass is 688 g/mol. The molecule has 0 radical (unpaired) electrons. The largest absolute Gasteiger partial charge is 0.499 e. The Morgan fingerprint density at radius 1 is 0.810 bits per heavy atom. The summed E-state index contributed by atoms with van der Waals surface area (Å²) in [6, 6.07) is 10.5. The molecule has 42 heavy (non-hydrogen) atoms. The Morgan fingerprint density at radius 2 is 1.36 bits per heavy atom. The lowest BCUT2D eigenvalue weighted by Gasteiger charge is -2.10. The summed E-state index contributed by atoms with van der Waals surface area (Å²) in [5, 5.41) is 19.6. The number of benzene rings is 3. The van der Waals surface area contributed by atoms with Crippen molar-refractivity contribution >= 4 is 110 Å². The number of azo groups is 2. The van der Waals surface area contributed by atoms with Gasteiger partial charge >= 0.3 is 0 Å². The second-order valence-corrected chi connectivity index (χ2v) is 10.4. The van der Waals surface area contributed by atoms with Crippen molar-refractivity contribution in [3.8, 4) is 0 Å². The van der Waals surface area contributed by atoms with E-state index in [1.165, 1.54) is 44.6 Å². The van der Waals surface area contributed by atoms with E-state index in [0.717, 1.165) is 6.40 Å². The van der Waals surface area contributed by atoms with Crippen molar-refractivity contribution in [2.45, 2.75) is 13.0 Å². The first-order valence-corrected chi connectivity index (χ1v) is 13.7. The number of carbonyl (C=O) groups excluding carboxylic acids is 2. The van der Waals surface area contributed by atoms with Gasteiger partial charge in [-0.05, 0) is 55.5 Å². The molecule has 1 unspecified atom stereocenters. The number of aliphatic imine (C=N–C) groups is 1. The van der Waals surface area contributed by atoms with Crippen LogP contribution in [0.1, 0.15) is 6.92 Å². The van der Waals surface area contributed by atoms with Gasteiger partial charge in [0.25, 0.3) is 11.8 Å². The minimum absolute atomic E-state index is 0.0427. The maximum absolute atomic E-state index is 12.7. The summed E-state index contributed by atoms with van der Waals surface area (Å²) in [7, 11) is 1.40. The molecule has 16 heteroatoms. The summed E-state index contributed by atoms with van der Waals surface area (Å²) in [6.07, 6.45) is 2.30. The van der Waals surface area contributed by atoms with E-state index in [-0.39, 0.29) is 47.4 Å². The van der Waals surface area contributed by atoms with Crippen LogP contribution in [0.4, 0.5) is 22.7 Å². The smallest absolute Gasteiger partial charge is 0.274 e. The van der Waals surface area contributed by atoms with Crippen LogP contribution >= 0.6 is 69.6 Å². The molecular weight excluding hydrogens is 673 g/mol. The van der Waals surface area contributed by atoms with E-state index >= 15 is 0 Å². The van der Waals surface area contributed by atoms with Crippen molar-refractivity contribution in [2.24, 2.45) is 25.4 Å². The normalized spacial score (nSPS) is 12.7. The van der Waals surface area contributed by atoms with Gasteiger partial charge in [0.05, 0.1) is 42.9 Å². The SMILES string of the molecule is CO/C=C(/N=Nc1cc(Cl)c(Cl)cc1Cl)OC=Nc1ccc(NC(=O)C(N=Nc2cc(Cl)c(Cl)cc2Cl)C(C)=O)cc1. The van der Waals surface area contributed by atoms with Gasteiger partial charge in [-0.25, -0.2) is 4.99 Å². The van der Waals surface area contributed by atoms with Crippen LogP contribution in [-0.2, 0) is 19.1 Å². The molecule has 0 aliphatic carbocycles. The number of halogens is 6. The zero-order valence-corrected chi connectivity index (χ0v) is 26.0. The van der Waals surface area contributed by atoms with Gasteiger partial charge in [0.1, 0.15) is 17.6 Å². The van der Waals surface area contributed by atoms with Crippen LogP contribution in [0.5, 0.6) is 0 Å². The van der Waals surface area contributed by atoms with Crippen molar-refractivity contribution in [3.63, 3.8) is 0 Å². The van der Waals surface area contributed by atoms with Crippen molar-refractivity contribution in [2.75, 3.05) is 12.4 Å². The summed E-state index contributed by atoms with van der Waals surface area (Å²) in [5.41, 5.74) is 1.25. The molecule has 0 fully saturated rings. The van der Waals surface area contributed by atoms with E-state index in [1.807, 2.05) is 0 Å². The number of carbonyl (C=O) groups is 2. The molecule has 0 aromatic heterocycles. The molecule has 3 rings (SSSR count). The fraction of sp³-hybridized carbons (Fsp3) is 0.115. The van der Waals surface area contributed by atoms with Crippen LogP contribution in [0.2, 0.25) is 30.1 Å². The highest BCUT2D eigenvalue weighted by molar-refractivity contribution is 6.44. The fourth-order valence-corrected chi connectivity index (χ4v) is 4.03. The number of nitrogens with one attached hydrogen (secondary N) is 1. The summed E-state index contributed by atoms with van der Waals surface area (Å²) in [5.74, 6) is -1.29. The van der Waals surface area contributed by atoms with Gasteiger partial charge in [-0.2, -0.15) is 10.2 Å². The molecule has 0 saturated heterocycles. The molecule has 0 aliphatic rings. The topological polar surface area (TPSA) is 126 Å². The van der Waals surface area contributed by atoms with E-state index in [4.69, 9.17) is 79.1 Å². The summed E-state index contributed by atoms with van der Waals surface area (Å²) < 4.78 is 10.3. The molecule has 3 aromatic rings. The summed E-state index contributed by atoms with van der Waals surface area (Å²) in [6.45, 7) is 1.21. The van der Waals surface area contributed by atoms with Crippen LogP contribution < -0.4 is 5.32 Å². The number of Topliss-reactive ketones (excluding diaryl/α,β-unsaturated/α-hetero) is 1. The maximum atomic E-state index is 12.7. The van der Waals surface area contributed by atoms with E-state index in [9.17, 15) is 9.59 Å². The second-order valence-electron chi connectivity index (χ2n) is 7.94. The number of ketones is 1. The first-order chi connectivity index (χ1) is 20.0. The number of amides is 1. The van der Waals surface area contributed by atoms with Crippen molar-refractivity contribution in [1.29, 1.82) is 0 Å². The van der Waals surface area contributed by atoms with Crippen LogP contribution in [0, 0.1) is 0 Å². The average molecular weight is 691 g/mol. The van der Waals surface area contributed by atoms with Crippen LogP contribution in [-0.4, -0.2) is 31.2 Å². The zero-order valence-electron chi connectivity index (χ0n) is 21.5. The lowest BCUT2D eigenvalue weighted by Crippen LogP contribution is -2.31. The number of hydrogen-bond acceptors (Lipinski definition) is 9. The molecule has 1 atom stereocenters. The third kappa shape index (κ3) is 9.65. The van der Waals surface area contributed by atoms with E-state index in [2.05, 4.69) is 30.8 Å². The predicted molar refractivity (Wildman–Crippen MR) is 166 cm³/mol. The van der Waals surface area contributed by atoms with Crippen molar-refractivity contribution < 1.29 is 19.1 Å². The van der Waals surface area contributed by atoms with E-state index < -0.39 is 17.7 Å². The minimum atomic E-state index is -1.43. The third-order valence-electron chi connectivity index (χ3n) is 4.88. The zero-order chi connectivity index (χ0) is 30.8. The first kappa shape index (κ1) is 33.3. The molecule has 0 aliphatic heterocycles. The highest BCUT2D eigenvalue weighted by Gasteiger charge is 2.23. The molecule has 0 heterocycles. The number of hydrogen-bond donors (Lipinski definition) is 1.